The molecule has 1 aliphatic carbocycles. The van der Waals surface area contributed by atoms with Gasteiger partial charge in [-0.1, -0.05) is 31.0 Å². The molecule has 1 saturated carbocycles. The fourth-order valence-electron chi connectivity index (χ4n) is 4.28. The Hall–Kier alpha value is -3.62. The van der Waals surface area contributed by atoms with Gasteiger partial charge in [-0.05, 0) is 31.0 Å². The third-order valence-electron chi connectivity index (χ3n) is 5.90. The van der Waals surface area contributed by atoms with Crippen molar-refractivity contribution < 1.29 is 23.7 Å². The van der Waals surface area contributed by atoms with Crippen LogP contribution in [0.2, 0.25) is 0 Å². The van der Waals surface area contributed by atoms with E-state index >= 15 is 0 Å². The predicted octanol–water partition coefficient (Wildman–Crippen LogP) is 3.47. The van der Waals surface area contributed by atoms with Crippen molar-refractivity contribution in [3.8, 4) is 0 Å². The van der Waals surface area contributed by atoms with Crippen molar-refractivity contribution in [2.24, 2.45) is 11.8 Å². The summed E-state index contributed by atoms with van der Waals surface area (Å²) in [4.78, 5) is 49.8. The molecule has 2 aromatic carbocycles. The van der Waals surface area contributed by atoms with Crippen LogP contribution < -0.4 is 0 Å². The number of imide groups is 1. The van der Waals surface area contributed by atoms with Gasteiger partial charge in [0.2, 0.25) is 0 Å². The Labute approximate surface area is 177 Å². The molecule has 2 fully saturated rings. The van der Waals surface area contributed by atoms with Crippen molar-refractivity contribution >= 4 is 23.4 Å². The van der Waals surface area contributed by atoms with Crippen LogP contribution in [-0.2, 0) is 16.1 Å². The molecule has 0 spiro atoms. The van der Waals surface area contributed by atoms with E-state index in [2.05, 4.69) is 0 Å². The van der Waals surface area contributed by atoms with Crippen LogP contribution in [-0.4, -0.2) is 32.7 Å². The Morgan fingerprint density at radius 3 is 2.16 bits per heavy atom. The SMILES string of the molecule is O=C(c1ccc([N+](=O)[O-])cc1)N(Cc1ccccc1F)N1C(=O)[C@H]2CCCC[C@@H]2C1=O. The predicted molar refractivity (Wildman–Crippen MR) is 107 cm³/mol. The van der Waals surface area contributed by atoms with Crippen molar-refractivity contribution in [2.45, 2.75) is 32.2 Å². The van der Waals surface area contributed by atoms with Crippen molar-refractivity contribution in [1.82, 2.24) is 10.0 Å². The number of hydrazine groups is 1. The van der Waals surface area contributed by atoms with Gasteiger partial charge in [-0.15, -0.1) is 0 Å². The van der Waals surface area contributed by atoms with Crippen LogP contribution in [0, 0.1) is 27.8 Å². The number of carbonyl (C=O) groups is 3. The molecule has 0 N–H and O–H groups in total. The minimum atomic E-state index is -0.710. The van der Waals surface area contributed by atoms with E-state index in [0.717, 1.165) is 22.9 Å². The van der Waals surface area contributed by atoms with E-state index in [1.807, 2.05) is 0 Å². The van der Waals surface area contributed by atoms with Gasteiger partial charge in [0.05, 0.1) is 23.3 Å². The van der Waals surface area contributed by atoms with Gasteiger partial charge >= 0.3 is 0 Å². The minimum Gasteiger partial charge on any atom is -0.272 e. The van der Waals surface area contributed by atoms with Gasteiger partial charge in [0.15, 0.2) is 0 Å². The Morgan fingerprint density at radius 2 is 1.61 bits per heavy atom. The molecule has 1 saturated heterocycles. The molecule has 9 heteroatoms. The second-order valence-electron chi connectivity index (χ2n) is 7.74. The fourth-order valence-corrected chi connectivity index (χ4v) is 4.28. The molecule has 160 valence electrons. The summed E-state index contributed by atoms with van der Waals surface area (Å²) in [6, 6.07) is 10.7. The number of nitrogens with zero attached hydrogens (tertiary/aromatic N) is 3. The van der Waals surface area contributed by atoms with Crippen molar-refractivity contribution in [3.63, 3.8) is 0 Å². The van der Waals surface area contributed by atoms with Gasteiger partial charge < -0.3 is 0 Å². The first kappa shape index (κ1) is 20.6. The number of halogens is 1. The summed E-state index contributed by atoms with van der Waals surface area (Å²) in [6.45, 7) is -0.320. The number of fused-ring (bicyclic) bond motifs is 1. The molecule has 1 heterocycles. The van der Waals surface area contributed by atoms with E-state index in [0.29, 0.717) is 12.8 Å². The molecule has 2 atom stereocenters. The van der Waals surface area contributed by atoms with E-state index in [-0.39, 0.29) is 23.4 Å². The van der Waals surface area contributed by atoms with Gasteiger partial charge in [-0.2, -0.15) is 5.01 Å². The third-order valence-corrected chi connectivity index (χ3v) is 5.90. The smallest absolute Gasteiger partial charge is 0.272 e. The second-order valence-corrected chi connectivity index (χ2v) is 7.74. The van der Waals surface area contributed by atoms with E-state index < -0.39 is 40.3 Å². The maximum absolute atomic E-state index is 14.3. The van der Waals surface area contributed by atoms with Crippen LogP contribution in [0.3, 0.4) is 0 Å². The molecule has 2 aliphatic rings. The number of nitro groups is 1. The highest BCUT2D eigenvalue weighted by atomic mass is 19.1. The van der Waals surface area contributed by atoms with Crippen molar-refractivity contribution in [2.75, 3.05) is 0 Å². The average Bonchev–Trinajstić information content (AvgIpc) is 3.03. The zero-order chi connectivity index (χ0) is 22.1. The molecular formula is C22H20FN3O5. The van der Waals surface area contributed by atoms with Crippen LogP contribution >= 0.6 is 0 Å². The van der Waals surface area contributed by atoms with Gasteiger partial charge in [0.25, 0.3) is 23.4 Å². The largest absolute Gasteiger partial charge is 0.273 e. The zero-order valence-corrected chi connectivity index (χ0v) is 16.6. The molecule has 0 unspecified atom stereocenters. The minimum absolute atomic E-state index is 0.0532. The normalized spacial score (nSPS) is 20.5. The second kappa shape index (κ2) is 8.25. The summed E-state index contributed by atoms with van der Waals surface area (Å²) in [7, 11) is 0. The monoisotopic (exact) mass is 425 g/mol. The lowest BCUT2D eigenvalue weighted by molar-refractivity contribution is -0.384. The lowest BCUT2D eigenvalue weighted by Gasteiger charge is -2.30. The Kier molecular flexibility index (Phi) is 5.50. The number of rotatable bonds is 5. The Bertz CT molecular complexity index is 1030. The quantitative estimate of drug-likeness (QED) is 0.415. The number of non-ortho nitro benzene ring substituents is 1. The van der Waals surface area contributed by atoms with E-state index in [1.165, 1.54) is 42.5 Å². The van der Waals surface area contributed by atoms with Crippen LogP contribution in [0.5, 0.6) is 0 Å². The molecule has 4 rings (SSSR count). The van der Waals surface area contributed by atoms with E-state index in [1.54, 1.807) is 6.07 Å². The summed E-state index contributed by atoms with van der Waals surface area (Å²) >= 11 is 0. The number of hydrogen-bond donors (Lipinski definition) is 0. The highest BCUT2D eigenvalue weighted by Crippen LogP contribution is 2.39. The topological polar surface area (TPSA) is 101 Å². The number of nitro benzene ring substituents is 1. The first-order valence-electron chi connectivity index (χ1n) is 10.1. The van der Waals surface area contributed by atoms with Crippen LogP contribution in [0.15, 0.2) is 48.5 Å². The molecule has 1 aliphatic heterocycles. The molecule has 31 heavy (non-hydrogen) atoms. The number of benzene rings is 2. The summed E-state index contributed by atoms with van der Waals surface area (Å²) in [6.07, 6.45) is 2.81. The van der Waals surface area contributed by atoms with Gasteiger partial charge in [0.1, 0.15) is 5.82 Å². The summed E-state index contributed by atoms with van der Waals surface area (Å²) in [5, 5.41) is 12.7. The van der Waals surface area contributed by atoms with E-state index in [4.69, 9.17) is 0 Å². The van der Waals surface area contributed by atoms with Gasteiger partial charge in [-0.3, -0.25) is 24.5 Å². The first-order valence-corrected chi connectivity index (χ1v) is 10.1. The maximum atomic E-state index is 14.3. The molecule has 0 aromatic heterocycles. The lowest BCUT2D eigenvalue weighted by Crippen LogP contribution is -2.49. The summed E-state index contributed by atoms with van der Waals surface area (Å²) < 4.78 is 14.3. The van der Waals surface area contributed by atoms with Gasteiger partial charge in [0, 0.05) is 23.3 Å². The average molecular weight is 425 g/mol. The number of hydrogen-bond acceptors (Lipinski definition) is 5. The molecule has 0 bridgehead atoms. The highest BCUT2D eigenvalue weighted by Gasteiger charge is 2.51. The Balaban J connectivity index is 1.71. The Morgan fingerprint density at radius 1 is 1.03 bits per heavy atom. The molecular weight excluding hydrogens is 405 g/mol. The standard InChI is InChI=1S/C22H20FN3O5/c23-19-8-4-1-5-15(19)13-24(20(27)14-9-11-16(12-10-14)26(30)31)25-21(28)17-6-2-3-7-18(17)22(25)29/h1,4-5,8-12,17-18H,2-3,6-7,13H2/t17-,18-/m0/s1. The van der Waals surface area contributed by atoms with Crippen LogP contribution in [0.4, 0.5) is 10.1 Å². The molecule has 8 nitrogen and oxygen atoms in total. The number of carbonyl (C=O) groups excluding carboxylic acids is 3. The van der Waals surface area contributed by atoms with Crippen molar-refractivity contribution in [3.05, 3.63) is 75.6 Å². The summed E-state index contributed by atoms with van der Waals surface area (Å²) in [5.41, 5.74) is 0.00203. The number of amides is 3. The van der Waals surface area contributed by atoms with Crippen LogP contribution in [0.1, 0.15) is 41.6 Å². The third kappa shape index (κ3) is 3.78. The maximum Gasteiger partial charge on any atom is 0.273 e. The molecule has 2 aromatic rings. The van der Waals surface area contributed by atoms with Crippen molar-refractivity contribution in [1.29, 1.82) is 0 Å². The summed E-state index contributed by atoms with van der Waals surface area (Å²) in [5.74, 6) is -3.15. The zero-order valence-electron chi connectivity index (χ0n) is 16.6. The lowest BCUT2D eigenvalue weighted by atomic mass is 9.81. The van der Waals surface area contributed by atoms with E-state index in [9.17, 15) is 28.9 Å². The fraction of sp³-hybridized carbons (Fsp3) is 0.318. The highest BCUT2D eigenvalue weighted by molar-refractivity contribution is 6.07. The molecule has 0 radical (unpaired) electrons. The first-order chi connectivity index (χ1) is 14.9. The van der Waals surface area contributed by atoms with Crippen LogP contribution in [0.25, 0.3) is 0 Å². The van der Waals surface area contributed by atoms with Gasteiger partial charge in [-0.25, -0.2) is 9.40 Å². The molecule has 3 amide bonds.